The van der Waals surface area contributed by atoms with Crippen molar-refractivity contribution in [3.63, 3.8) is 0 Å². The van der Waals surface area contributed by atoms with Gasteiger partial charge in [0.25, 0.3) is 0 Å². The number of hydrogen-bond acceptors (Lipinski definition) is 2. The summed E-state index contributed by atoms with van der Waals surface area (Å²) in [7, 11) is 0. The fraction of sp³-hybridized carbons (Fsp3) is 1.00. The number of halogens is 6. The standard InChI is InChI=1S/C6H8F6N2/c7-5(8,9)3-1-13-2-4(14-3)6(10,11)12/h3-4,13-14H,1-2H2. The van der Waals surface area contributed by atoms with Crippen LogP contribution in [0.5, 0.6) is 0 Å². The van der Waals surface area contributed by atoms with Gasteiger partial charge in [-0.25, -0.2) is 0 Å². The van der Waals surface area contributed by atoms with Crippen LogP contribution in [0.25, 0.3) is 0 Å². The molecule has 84 valence electrons. The van der Waals surface area contributed by atoms with E-state index >= 15 is 0 Å². The maximum atomic E-state index is 12.0. The summed E-state index contributed by atoms with van der Waals surface area (Å²) in [5.74, 6) is 0. The number of hydrogen-bond donors (Lipinski definition) is 2. The SMILES string of the molecule is FC(F)(F)C1CNCC(C(F)(F)F)N1. The summed E-state index contributed by atoms with van der Waals surface area (Å²) in [4.78, 5) is 0. The van der Waals surface area contributed by atoms with Crippen LogP contribution in [0.2, 0.25) is 0 Å². The normalized spacial score (nSPS) is 30.4. The molecule has 0 aromatic rings. The molecule has 2 unspecified atom stereocenters. The molecular weight excluding hydrogens is 214 g/mol. The summed E-state index contributed by atoms with van der Waals surface area (Å²) in [5, 5.41) is 3.62. The molecule has 1 rings (SSSR count). The lowest BCUT2D eigenvalue weighted by atomic mass is 10.1. The summed E-state index contributed by atoms with van der Waals surface area (Å²) in [6.45, 7) is -1.06. The molecule has 2 nitrogen and oxygen atoms in total. The summed E-state index contributed by atoms with van der Waals surface area (Å²) >= 11 is 0. The molecule has 2 N–H and O–H groups in total. The van der Waals surface area contributed by atoms with Gasteiger partial charge in [0.05, 0.1) is 0 Å². The van der Waals surface area contributed by atoms with Gasteiger partial charge in [0, 0.05) is 13.1 Å². The van der Waals surface area contributed by atoms with Gasteiger partial charge in [-0.05, 0) is 0 Å². The van der Waals surface area contributed by atoms with E-state index in [4.69, 9.17) is 0 Å². The highest BCUT2D eigenvalue weighted by Gasteiger charge is 2.49. The Balaban J connectivity index is 2.61. The molecule has 0 aromatic heterocycles. The van der Waals surface area contributed by atoms with Crippen LogP contribution >= 0.6 is 0 Å². The van der Waals surface area contributed by atoms with E-state index in [1.165, 1.54) is 5.32 Å². The average Bonchev–Trinajstić information content (AvgIpc) is 2.01. The van der Waals surface area contributed by atoms with Gasteiger partial charge in [-0.2, -0.15) is 26.3 Å². The summed E-state index contributed by atoms with van der Waals surface area (Å²) in [5.41, 5.74) is 0. The molecule has 0 amide bonds. The van der Waals surface area contributed by atoms with Crippen LogP contribution in [0.15, 0.2) is 0 Å². The number of rotatable bonds is 0. The number of piperazine rings is 1. The number of nitrogens with one attached hydrogen (secondary N) is 2. The molecule has 1 saturated heterocycles. The highest BCUT2D eigenvalue weighted by atomic mass is 19.4. The second-order valence-electron chi connectivity index (χ2n) is 3.01. The van der Waals surface area contributed by atoms with Crippen LogP contribution in [-0.4, -0.2) is 37.5 Å². The Bertz CT molecular complexity index is 177. The molecular formula is C6H8F6N2. The fourth-order valence-electron chi connectivity index (χ4n) is 1.15. The van der Waals surface area contributed by atoms with Crippen molar-refractivity contribution in [3.05, 3.63) is 0 Å². The fourth-order valence-corrected chi connectivity index (χ4v) is 1.15. The van der Waals surface area contributed by atoms with Crippen molar-refractivity contribution < 1.29 is 26.3 Å². The van der Waals surface area contributed by atoms with Crippen molar-refractivity contribution in [2.45, 2.75) is 24.4 Å². The Kier molecular flexibility index (Phi) is 2.96. The maximum Gasteiger partial charge on any atom is 0.405 e. The molecule has 1 fully saturated rings. The van der Waals surface area contributed by atoms with Gasteiger partial charge in [0.15, 0.2) is 0 Å². The molecule has 14 heavy (non-hydrogen) atoms. The molecule has 2 atom stereocenters. The highest BCUT2D eigenvalue weighted by molar-refractivity contribution is 4.91. The minimum Gasteiger partial charge on any atom is -0.313 e. The Morgan fingerprint density at radius 1 is 0.786 bits per heavy atom. The minimum atomic E-state index is -4.66. The first kappa shape index (κ1) is 11.6. The Morgan fingerprint density at radius 3 is 1.43 bits per heavy atom. The van der Waals surface area contributed by atoms with Gasteiger partial charge in [0.1, 0.15) is 12.1 Å². The van der Waals surface area contributed by atoms with Crippen molar-refractivity contribution >= 4 is 0 Å². The van der Waals surface area contributed by atoms with Gasteiger partial charge in [-0.15, -0.1) is 0 Å². The zero-order valence-electron chi connectivity index (χ0n) is 6.84. The van der Waals surface area contributed by atoms with Crippen molar-refractivity contribution in [1.82, 2.24) is 10.6 Å². The molecule has 1 aliphatic rings. The lowest BCUT2D eigenvalue weighted by Gasteiger charge is -2.33. The van der Waals surface area contributed by atoms with E-state index in [2.05, 4.69) is 5.32 Å². The smallest absolute Gasteiger partial charge is 0.313 e. The lowest BCUT2D eigenvalue weighted by molar-refractivity contribution is -0.192. The molecule has 1 heterocycles. The van der Waals surface area contributed by atoms with E-state index in [1.807, 2.05) is 0 Å². The van der Waals surface area contributed by atoms with Gasteiger partial charge in [-0.3, -0.25) is 5.32 Å². The minimum absolute atomic E-state index is 0.532. The molecule has 1 aliphatic heterocycles. The topological polar surface area (TPSA) is 24.1 Å². The summed E-state index contributed by atoms with van der Waals surface area (Å²) in [6.07, 6.45) is -9.31. The Morgan fingerprint density at radius 2 is 1.14 bits per heavy atom. The van der Waals surface area contributed by atoms with Gasteiger partial charge in [-0.1, -0.05) is 0 Å². The molecule has 0 spiro atoms. The third-order valence-corrected chi connectivity index (χ3v) is 1.89. The first-order chi connectivity index (χ1) is 6.21. The Hall–Kier alpha value is -0.500. The van der Waals surface area contributed by atoms with Crippen molar-refractivity contribution in [2.24, 2.45) is 0 Å². The summed E-state index contributed by atoms with van der Waals surface area (Å²) < 4.78 is 72.2. The third kappa shape index (κ3) is 2.74. The van der Waals surface area contributed by atoms with E-state index in [-0.39, 0.29) is 0 Å². The predicted molar refractivity (Wildman–Crippen MR) is 35.7 cm³/mol. The van der Waals surface area contributed by atoms with E-state index in [0.29, 0.717) is 0 Å². The lowest BCUT2D eigenvalue weighted by Crippen LogP contribution is -2.64. The van der Waals surface area contributed by atoms with Crippen LogP contribution in [0.3, 0.4) is 0 Å². The van der Waals surface area contributed by atoms with E-state index in [9.17, 15) is 26.3 Å². The van der Waals surface area contributed by atoms with Crippen molar-refractivity contribution in [3.8, 4) is 0 Å². The molecule has 0 saturated carbocycles. The largest absolute Gasteiger partial charge is 0.405 e. The van der Waals surface area contributed by atoms with Crippen molar-refractivity contribution in [1.29, 1.82) is 0 Å². The molecule has 0 aliphatic carbocycles. The summed E-state index contributed by atoms with van der Waals surface area (Å²) in [6, 6.07) is -4.27. The molecule has 0 aromatic carbocycles. The average molecular weight is 222 g/mol. The maximum absolute atomic E-state index is 12.0. The van der Waals surface area contributed by atoms with Crippen LogP contribution in [0.1, 0.15) is 0 Å². The number of alkyl halides is 6. The van der Waals surface area contributed by atoms with Crippen LogP contribution in [-0.2, 0) is 0 Å². The monoisotopic (exact) mass is 222 g/mol. The third-order valence-electron chi connectivity index (χ3n) is 1.89. The van der Waals surface area contributed by atoms with Crippen LogP contribution in [0, 0.1) is 0 Å². The molecule has 8 heteroatoms. The van der Waals surface area contributed by atoms with E-state index in [0.717, 1.165) is 0 Å². The van der Waals surface area contributed by atoms with Gasteiger partial charge < -0.3 is 5.32 Å². The van der Waals surface area contributed by atoms with E-state index in [1.54, 1.807) is 0 Å². The predicted octanol–water partition coefficient (Wildman–Crippen LogP) is 1.04. The zero-order chi connectivity index (χ0) is 11.0. The zero-order valence-corrected chi connectivity index (χ0v) is 6.84. The molecule has 0 radical (unpaired) electrons. The quantitative estimate of drug-likeness (QED) is 0.598. The molecule has 0 bridgehead atoms. The second kappa shape index (κ2) is 3.58. The van der Waals surface area contributed by atoms with Crippen molar-refractivity contribution in [2.75, 3.05) is 13.1 Å². The van der Waals surface area contributed by atoms with Gasteiger partial charge >= 0.3 is 12.4 Å². The first-order valence-corrected chi connectivity index (χ1v) is 3.81. The van der Waals surface area contributed by atoms with E-state index < -0.39 is 37.5 Å². The highest BCUT2D eigenvalue weighted by Crippen LogP contribution is 2.26. The second-order valence-corrected chi connectivity index (χ2v) is 3.01. The van der Waals surface area contributed by atoms with Gasteiger partial charge in [0.2, 0.25) is 0 Å². The first-order valence-electron chi connectivity index (χ1n) is 3.81. The van der Waals surface area contributed by atoms with Crippen LogP contribution in [0.4, 0.5) is 26.3 Å². The van der Waals surface area contributed by atoms with Crippen LogP contribution < -0.4 is 10.6 Å². The Labute approximate surface area is 75.7 Å².